The molecule has 0 atom stereocenters. The molecule has 1 aromatic rings. The van der Waals surface area contributed by atoms with Crippen LogP contribution in [0.2, 0.25) is 0 Å². The van der Waals surface area contributed by atoms with Crippen LogP contribution in [0.3, 0.4) is 0 Å². The molecule has 2 aliphatic heterocycles. The van der Waals surface area contributed by atoms with E-state index < -0.39 is 0 Å². The van der Waals surface area contributed by atoms with Gasteiger partial charge in [0, 0.05) is 46.2 Å². The van der Waals surface area contributed by atoms with Gasteiger partial charge in [-0.2, -0.15) is 0 Å². The minimum atomic E-state index is -0.204. The summed E-state index contributed by atoms with van der Waals surface area (Å²) in [6, 6.07) is 0. The van der Waals surface area contributed by atoms with Crippen molar-refractivity contribution < 1.29 is 14.4 Å². The molecule has 0 aliphatic carbocycles. The largest absolute Gasteiger partial charge is 0.349 e. The Morgan fingerprint density at radius 2 is 1.71 bits per heavy atom. The van der Waals surface area contributed by atoms with Crippen molar-refractivity contribution in [2.45, 2.75) is 53.0 Å². The quantitative estimate of drug-likeness (QED) is 0.822. The third-order valence-corrected chi connectivity index (χ3v) is 5.54. The number of aromatic nitrogens is 2. The number of rotatable bonds is 5. The van der Waals surface area contributed by atoms with Crippen LogP contribution in [0, 0.1) is 5.92 Å². The van der Waals surface area contributed by atoms with E-state index in [1.165, 1.54) is 0 Å². The Morgan fingerprint density at radius 1 is 1.04 bits per heavy atom. The van der Waals surface area contributed by atoms with Gasteiger partial charge in [-0.15, -0.1) is 0 Å². The third kappa shape index (κ3) is 4.36. The van der Waals surface area contributed by atoms with Crippen LogP contribution in [-0.4, -0.2) is 69.8 Å². The van der Waals surface area contributed by atoms with Gasteiger partial charge in [0.2, 0.25) is 5.91 Å². The predicted molar refractivity (Wildman–Crippen MR) is 105 cm³/mol. The Morgan fingerprint density at radius 3 is 2.36 bits per heavy atom. The summed E-state index contributed by atoms with van der Waals surface area (Å²) in [5.74, 6) is 0.565. The lowest BCUT2D eigenvalue weighted by Gasteiger charge is -2.34. The molecular weight excluding hydrogens is 358 g/mol. The maximum Gasteiger partial charge on any atom is 0.287 e. The van der Waals surface area contributed by atoms with E-state index in [-0.39, 0.29) is 17.7 Å². The van der Waals surface area contributed by atoms with Gasteiger partial charge in [0.15, 0.2) is 5.82 Å². The highest BCUT2D eigenvalue weighted by molar-refractivity contribution is 5.97. The number of hydrogen-bond donors (Lipinski definition) is 1. The standard InChI is InChI=1S/C20H31N5O3/c1-14(2)7-8-21-19(27)18-22-17(16-6-4-5-9-25(16)18)20(28)24-12-10-23(11-13-24)15(3)26/h14H,4-13H2,1-3H3,(H,21,27). The zero-order valence-corrected chi connectivity index (χ0v) is 17.2. The zero-order valence-electron chi connectivity index (χ0n) is 17.2. The number of amides is 3. The summed E-state index contributed by atoms with van der Waals surface area (Å²) in [4.78, 5) is 45.3. The van der Waals surface area contributed by atoms with Crippen molar-refractivity contribution in [3.63, 3.8) is 0 Å². The Hall–Kier alpha value is -2.38. The average molecular weight is 390 g/mol. The van der Waals surface area contributed by atoms with Gasteiger partial charge in [-0.25, -0.2) is 4.98 Å². The molecule has 0 saturated carbocycles. The van der Waals surface area contributed by atoms with Crippen LogP contribution >= 0.6 is 0 Å². The van der Waals surface area contributed by atoms with Crippen LogP contribution in [0.4, 0.5) is 0 Å². The van der Waals surface area contributed by atoms with Crippen molar-refractivity contribution in [3.05, 3.63) is 17.2 Å². The molecule has 1 saturated heterocycles. The Labute approximate surface area is 166 Å². The Balaban J connectivity index is 1.76. The van der Waals surface area contributed by atoms with Gasteiger partial charge in [0.05, 0.1) is 5.69 Å². The summed E-state index contributed by atoms with van der Waals surface area (Å²) in [7, 11) is 0. The molecule has 0 aromatic carbocycles. The van der Waals surface area contributed by atoms with Crippen molar-refractivity contribution in [3.8, 4) is 0 Å². The van der Waals surface area contributed by atoms with Gasteiger partial charge < -0.3 is 19.7 Å². The van der Waals surface area contributed by atoms with E-state index in [1.807, 2.05) is 4.57 Å². The van der Waals surface area contributed by atoms with Gasteiger partial charge in [-0.1, -0.05) is 13.8 Å². The van der Waals surface area contributed by atoms with Crippen molar-refractivity contribution >= 4 is 17.7 Å². The maximum absolute atomic E-state index is 13.1. The van der Waals surface area contributed by atoms with E-state index in [1.54, 1.807) is 16.7 Å². The minimum absolute atomic E-state index is 0.0341. The van der Waals surface area contributed by atoms with E-state index in [2.05, 4.69) is 24.1 Å². The molecule has 28 heavy (non-hydrogen) atoms. The number of carbonyl (C=O) groups excluding carboxylic acids is 3. The lowest BCUT2D eigenvalue weighted by Crippen LogP contribution is -2.50. The first kappa shape index (κ1) is 20.4. The zero-order chi connectivity index (χ0) is 20.3. The smallest absolute Gasteiger partial charge is 0.287 e. The van der Waals surface area contributed by atoms with Crippen LogP contribution in [0.5, 0.6) is 0 Å². The summed E-state index contributed by atoms with van der Waals surface area (Å²) in [5.41, 5.74) is 1.28. The molecule has 0 bridgehead atoms. The van der Waals surface area contributed by atoms with Crippen LogP contribution in [0.1, 0.15) is 66.8 Å². The fraction of sp³-hybridized carbons (Fsp3) is 0.700. The summed E-state index contributed by atoms with van der Waals surface area (Å²) >= 11 is 0. The molecule has 8 nitrogen and oxygen atoms in total. The highest BCUT2D eigenvalue weighted by Gasteiger charge is 2.31. The normalized spacial score (nSPS) is 16.9. The number of nitrogens with zero attached hydrogens (tertiary/aromatic N) is 4. The fourth-order valence-electron chi connectivity index (χ4n) is 3.82. The summed E-state index contributed by atoms with van der Waals surface area (Å²) < 4.78 is 1.92. The minimum Gasteiger partial charge on any atom is -0.349 e. The second-order valence-electron chi connectivity index (χ2n) is 8.08. The number of carbonyl (C=O) groups is 3. The molecule has 1 fully saturated rings. The van der Waals surface area contributed by atoms with Crippen molar-refractivity contribution in [2.75, 3.05) is 32.7 Å². The third-order valence-electron chi connectivity index (χ3n) is 5.54. The molecule has 0 spiro atoms. The number of nitrogens with one attached hydrogen (secondary N) is 1. The summed E-state index contributed by atoms with van der Waals surface area (Å²) in [5, 5.41) is 2.94. The van der Waals surface area contributed by atoms with Crippen LogP contribution in [-0.2, 0) is 17.8 Å². The van der Waals surface area contributed by atoms with Crippen LogP contribution in [0.25, 0.3) is 0 Å². The maximum atomic E-state index is 13.1. The molecule has 0 radical (unpaired) electrons. The first-order chi connectivity index (χ1) is 13.4. The van der Waals surface area contributed by atoms with E-state index in [0.29, 0.717) is 50.2 Å². The molecule has 1 aromatic heterocycles. The number of piperazine rings is 1. The van der Waals surface area contributed by atoms with Crippen LogP contribution in [0.15, 0.2) is 0 Å². The van der Waals surface area contributed by atoms with Gasteiger partial charge in [0.1, 0.15) is 5.69 Å². The molecule has 3 amide bonds. The monoisotopic (exact) mass is 389 g/mol. The Bertz CT molecular complexity index is 747. The topological polar surface area (TPSA) is 87.5 Å². The average Bonchev–Trinajstić information content (AvgIpc) is 3.07. The van der Waals surface area contributed by atoms with Crippen LogP contribution < -0.4 is 5.32 Å². The van der Waals surface area contributed by atoms with E-state index in [9.17, 15) is 14.4 Å². The number of imidazole rings is 1. The van der Waals surface area contributed by atoms with Gasteiger partial charge in [-0.3, -0.25) is 14.4 Å². The van der Waals surface area contributed by atoms with Crippen molar-refractivity contribution in [2.24, 2.45) is 5.92 Å². The molecule has 154 valence electrons. The second-order valence-corrected chi connectivity index (χ2v) is 8.08. The number of hydrogen-bond acceptors (Lipinski definition) is 4. The fourth-order valence-corrected chi connectivity index (χ4v) is 3.82. The lowest BCUT2D eigenvalue weighted by atomic mass is 10.1. The first-order valence-corrected chi connectivity index (χ1v) is 10.3. The molecule has 8 heteroatoms. The molecule has 3 rings (SSSR count). The van der Waals surface area contributed by atoms with Gasteiger partial charge in [0.25, 0.3) is 11.8 Å². The van der Waals surface area contributed by atoms with Crippen molar-refractivity contribution in [1.29, 1.82) is 0 Å². The SMILES string of the molecule is CC(=O)N1CCN(C(=O)c2nc(C(=O)NCCC(C)C)n3c2CCCC3)CC1. The summed E-state index contributed by atoms with van der Waals surface area (Å²) in [6.45, 7) is 9.20. The van der Waals surface area contributed by atoms with Gasteiger partial charge >= 0.3 is 0 Å². The summed E-state index contributed by atoms with van der Waals surface area (Å²) in [6.07, 6.45) is 3.66. The lowest BCUT2D eigenvalue weighted by molar-refractivity contribution is -0.130. The van der Waals surface area contributed by atoms with Gasteiger partial charge in [-0.05, 0) is 31.6 Å². The first-order valence-electron chi connectivity index (χ1n) is 10.3. The van der Waals surface area contributed by atoms with E-state index in [4.69, 9.17) is 0 Å². The highest BCUT2D eigenvalue weighted by Crippen LogP contribution is 2.23. The second kappa shape index (κ2) is 8.75. The van der Waals surface area contributed by atoms with E-state index >= 15 is 0 Å². The Kier molecular flexibility index (Phi) is 6.36. The molecule has 3 heterocycles. The van der Waals surface area contributed by atoms with E-state index in [0.717, 1.165) is 37.9 Å². The number of fused-ring (bicyclic) bond motifs is 1. The molecule has 2 aliphatic rings. The molecule has 0 unspecified atom stereocenters. The molecular formula is C20H31N5O3. The molecule has 1 N–H and O–H groups in total. The highest BCUT2D eigenvalue weighted by atomic mass is 16.2. The van der Waals surface area contributed by atoms with Crippen molar-refractivity contribution in [1.82, 2.24) is 24.7 Å². The predicted octanol–water partition coefficient (Wildman–Crippen LogP) is 1.30.